The summed E-state index contributed by atoms with van der Waals surface area (Å²) in [6.07, 6.45) is 1.18. The molecule has 0 unspecified atom stereocenters. The highest BCUT2D eigenvalue weighted by atomic mass is 15.1. The van der Waals surface area contributed by atoms with Crippen molar-refractivity contribution in [3.8, 4) is 6.07 Å². The number of hydrogen-bond donors (Lipinski definition) is 0. The van der Waals surface area contributed by atoms with E-state index in [1.54, 1.807) is 0 Å². The van der Waals surface area contributed by atoms with Crippen molar-refractivity contribution in [1.29, 1.82) is 5.26 Å². The van der Waals surface area contributed by atoms with Gasteiger partial charge in [-0.25, -0.2) is 0 Å². The lowest BCUT2D eigenvalue weighted by atomic mass is 10.1. The molecule has 0 aromatic rings. The molecule has 0 aliphatic carbocycles. The van der Waals surface area contributed by atoms with Gasteiger partial charge in [0.05, 0.1) is 12.6 Å². The molecule has 0 bridgehead atoms. The van der Waals surface area contributed by atoms with Crippen LogP contribution in [0.5, 0.6) is 0 Å². The predicted molar refractivity (Wildman–Crippen MR) is 42.6 cm³/mol. The first kappa shape index (κ1) is 9.45. The summed E-state index contributed by atoms with van der Waals surface area (Å²) in [6, 6.07) is 2.12. The van der Waals surface area contributed by atoms with Crippen LogP contribution in [0.2, 0.25) is 0 Å². The van der Waals surface area contributed by atoms with Crippen molar-refractivity contribution in [2.75, 3.05) is 20.1 Å². The van der Waals surface area contributed by atoms with E-state index < -0.39 is 0 Å². The van der Waals surface area contributed by atoms with Crippen LogP contribution in [0.15, 0.2) is 0 Å². The van der Waals surface area contributed by atoms with E-state index >= 15 is 0 Å². The summed E-state index contributed by atoms with van der Waals surface area (Å²) < 4.78 is 0. The predicted octanol–water partition coefficient (Wildman–Crippen LogP) is 1.49. The van der Waals surface area contributed by atoms with Crippen molar-refractivity contribution >= 4 is 0 Å². The molecule has 0 saturated carbocycles. The minimum Gasteiger partial charge on any atom is -0.294 e. The van der Waals surface area contributed by atoms with Crippen LogP contribution in [0, 0.1) is 17.2 Å². The van der Waals surface area contributed by atoms with Gasteiger partial charge < -0.3 is 0 Å². The minimum absolute atomic E-state index is 0.548. The molecule has 0 aliphatic heterocycles. The second-order valence-corrected chi connectivity index (χ2v) is 3.08. The van der Waals surface area contributed by atoms with Crippen molar-refractivity contribution in [3.05, 3.63) is 0 Å². The summed E-state index contributed by atoms with van der Waals surface area (Å²) in [6.45, 7) is 5.97. The molecule has 0 amide bonds. The summed E-state index contributed by atoms with van der Waals surface area (Å²) in [4.78, 5) is 2.04. The molecule has 0 atom stereocenters. The summed E-state index contributed by atoms with van der Waals surface area (Å²) in [5.41, 5.74) is 0. The van der Waals surface area contributed by atoms with Crippen molar-refractivity contribution in [2.24, 2.45) is 5.92 Å². The zero-order valence-corrected chi connectivity index (χ0v) is 7.09. The van der Waals surface area contributed by atoms with Gasteiger partial charge in [-0.05, 0) is 25.9 Å². The highest BCUT2D eigenvalue weighted by Gasteiger charge is 1.97. The van der Waals surface area contributed by atoms with Gasteiger partial charge in [-0.15, -0.1) is 0 Å². The van der Waals surface area contributed by atoms with Crippen LogP contribution >= 0.6 is 0 Å². The highest BCUT2D eigenvalue weighted by molar-refractivity contribution is 4.73. The van der Waals surface area contributed by atoms with Crippen LogP contribution < -0.4 is 0 Å². The van der Waals surface area contributed by atoms with Gasteiger partial charge in [0, 0.05) is 0 Å². The summed E-state index contributed by atoms with van der Waals surface area (Å²) in [7, 11) is 1.98. The van der Waals surface area contributed by atoms with Crippen LogP contribution in [-0.2, 0) is 0 Å². The average Bonchev–Trinajstić information content (AvgIpc) is 1.85. The summed E-state index contributed by atoms with van der Waals surface area (Å²) >= 11 is 0. The third-order valence-corrected chi connectivity index (χ3v) is 1.43. The van der Waals surface area contributed by atoms with E-state index in [1.807, 2.05) is 11.9 Å². The Kier molecular flexibility index (Phi) is 4.96. The number of nitriles is 1. The van der Waals surface area contributed by atoms with E-state index in [-0.39, 0.29) is 0 Å². The van der Waals surface area contributed by atoms with Gasteiger partial charge in [0.25, 0.3) is 0 Å². The maximum atomic E-state index is 8.31. The molecular formula is C8H16N2. The molecule has 58 valence electrons. The zero-order chi connectivity index (χ0) is 7.98. The second kappa shape index (κ2) is 5.25. The lowest BCUT2D eigenvalue weighted by Crippen LogP contribution is -2.20. The smallest absolute Gasteiger partial charge is 0.0863 e. The average molecular weight is 140 g/mol. The molecule has 0 aliphatic rings. The molecule has 0 radical (unpaired) electrons. The minimum atomic E-state index is 0.548. The molecule has 0 N–H and O–H groups in total. The van der Waals surface area contributed by atoms with E-state index in [4.69, 9.17) is 5.26 Å². The number of hydrogen-bond acceptors (Lipinski definition) is 2. The van der Waals surface area contributed by atoms with E-state index in [9.17, 15) is 0 Å². The Labute approximate surface area is 63.4 Å². The van der Waals surface area contributed by atoms with Gasteiger partial charge in [-0.1, -0.05) is 13.8 Å². The third kappa shape index (κ3) is 5.58. The maximum Gasteiger partial charge on any atom is 0.0863 e. The van der Waals surface area contributed by atoms with Gasteiger partial charge >= 0.3 is 0 Å². The Morgan fingerprint density at radius 2 is 2.10 bits per heavy atom. The Balaban J connectivity index is 3.23. The second-order valence-electron chi connectivity index (χ2n) is 3.08. The molecule has 2 heteroatoms. The molecule has 0 aromatic heterocycles. The van der Waals surface area contributed by atoms with Gasteiger partial charge in [0.1, 0.15) is 0 Å². The Bertz CT molecular complexity index is 113. The maximum absolute atomic E-state index is 8.31. The Hall–Kier alpha value is -0.550. The van der Waals surface area contributed by atoms with Gasteiger partial charge in [-0.2, -0.15) is 5.26 Å². The molecular weight excluding hydrogens is 124 g/mol. The van der Waals surface area contributed by atoms with E-state index in [1.165, 1.54) is 6.42 Å². The van der Waals surface area contributed by atoms with Crippen molar-refractivity contribution in [3.63, 3.8) is 0 Å². The molecule has 0 heterocycles. The molecule has 0 aromatic carbocycles. The van der Waals surface area contributed by atoms with Crippen LogP contribution in [-0.4, -0.2) is 25.0 Å². The van der Waals surface area contributed by atoms with E-state index in [0.29, 0.717) is 6.54 Å². The lowest BCUT2D eigenvalue weighted by molar-refractivity contribution is 0.343. The van der Waals surface area contributed by atoms with Crippen molar-refractivity contribution < 1.29 is 0 Å². The molecule has 0 rings (SSSR count). The number of nitrogens with zero attached hydrogens (tertiary/aromatic N) is 2. The van der Waals surface area contributed by atoms with E-state index in [2.05, 4.69) is 19.9 Å². The van der Waals surface area contributed by atoms with Gasteiger partial charge in [-0.3, -0.25) is 4.90 Å². The van der Waals surface area contributed by atoms with Crippen LogP contribution in [0.3, 0.4) is 0 Å². The highest BCUT2D eigenvalue weighted by Crippen LogP contribution is 1.99. The van der Waals surface area contributed by atoms with E-state index in [0.717, 1.165) is 12.5 Å². The number of rotatable bonds is 4. The fourth-order valence-electron chi connectivity index (χ4n) is 0.678. The fourth-order valence-corrected chi connectivity index (χ4v) is 0.678. The largest absolute Gasteiger partial charge is 0.294 e. The standard InChI is InChI=1S/C8H16N2/c1-8(2)4-6-10(3)7-5-9/h8H,4,6-7H2,1-3H3. The topological polar surface area (TPSA) is 27.0 Å². The first-order chi connectivity index (χ1) is 4.66. The van der Waals surface area contributed by atoms with Gasteiger partial charge in [0.15, 0.2) is 0 Å². The van der Waals surface area contributed by atoms with Crippen molar-refractivity contribution in [2.45, 2.75) is 20.3 Å². The first-order valence-electron chi connectivity index (χ1n) is 3.72. The molecule has 2 nitrogen and oxygen atoms in total. The molecule has 10 heavy (non-hydrogen) atoms. The fraction of sp³-hybridized carbons (Fsp3) is 0.875. The van der Waals surface area contributed by atoms with Crippen LogP contribution in [0.25, 0.3) is 0 Å². The zero-order valence-electron chi connectivity index (χ0n) is 7.09. The summed E-state index contributed by atoms with van der Waals surface area (Å²) in [5.74, 6) is 0.737. The molecule has 0 fully saturated rings. The summed E-state index contributed by atoms with van der Waals surface area (Å²) in [5, 5.41) is 8.31. The monoisotopic (exact) mass is 140 g/mol. The Morgan fingerprint density at radius 1 is 1.50 bits per heavy atom. The van der Waals surface area contributed by atoms with Gasteiger partial charge in [0.2, 0.25) is 0 Å². The van der Waals surface area contributed by atoms with Crippen LogP contribution in [0.4, 0.5) is 0 Å². The normalized spacial score (nSPS) is 10.4. The molecule has 0 spiro atoms. The lowest BCUT2D eigenvalue weighted by Gasteiger charge is -2.13. The van der Waals surface area contributed by atoms with Crippen LogP contribution in [0.1, 0.15) is 20.3 Å². The van der Waals surface area contributed by atoms with Crippen molar-refractivity contribution in [1.82, 2.24) is 4.90 Å². The molecule has 0 saturated heterocycles. The first-order valence-corrected chi connectivity index (χ1v) is 3.72. The third-order valence-electron chi connectivity index (χ3n) is 1.43. The SMILES string of the molecule is CC(C)CCN(C)CC#N. The quantitative estimate of drug-likeness (QED) is 0.553. The Morgan fingerprint density at radius 3 is 2.50 bits per heavy atom.